The summed E-state index contributed by atoms with van der Waals surface area (Å²) in [5.41, 5.74) is -0.763. The van der Waals surface area contributed by atoms with E-state index in [1.807, 2.05) is 0 Å². The first-order valence-corrected chi connectivity index (χ1v) is 14.0. The fourth-order valence-electron chi connectivity index (χ4n) is 7.04. The van der Waals surface area contributed by atoms with Crippen LogP contribution < -0.4 is 15.4 Å². The number of phenolic OH excluding ortho intramolecular Hbond substituents is 1. The van der Waals surface area contributed by atoms with E-state index in [9.17, 15) is 29.0 Å². The number of carboxylic acid groups (broad SMARTS) is 1. The Kier molecular flexibility index (Phi) is 7.07. The van der Waals surface area contributed by atoms with Crippen molar-refractivity contribution in [3.8, 4) is 11.5 Å². The van der Waals surface area contributed by atoms with Gasteiger partial charge in [0, 0.05) is 18.7 Å². The fourth-order valence-corrected chi connectivity index (χ4v) is 7.04. The van der Waals surface area contributed by atoms with Gasteiger partial charge in [-0.05, 0) is 88.0 Å². The average Bonchev–Trinajstić information content (AvgIpc) is 3.46. The summed E-state index contributed by atoms with van der Waals surface area (Å²) in [6.07, 6.45) is 7.54. The number of amides is 2. The molecule has 4 N–H and O–H groups in total. The first kappa shape index (κ1) is 26.8. The summed E-state index contributed by atoms with van der Waals surface area (Å²) < 4.78 is 20.5. The fraction of sp³-hybridized carbons (Fsp3) is 0.690. The molecule has 38 heavy (non-hydrogen) atoms. The van der Waals surface area contributed by atoms with E-state index in [1.54, 1.807) is 6.92 Å². The maximum absolute atomic E-state index is 14.7. The molecule has 4 aliphatic carbocycles. The zero-order valence-electron chi connectivity index (χ0n) is 22.2. The molecule has 2 amide bonds. The van der Waals surface area contributed by atoms with Crippen LogP contribution in [0, 0.1) is 34.4 Å². The number of nitrogens with one attached hydrogen (secondary N) is 2. The third-order valence-electron chi connectivity index (χ3n) is 9.91. The predicted octanol–water partition coefficient (Wildman–Crippen LogP) is 4.39. The molecule has 8 nitrogen and oxygen atoms in total. The summed E-state index contributed by atoms with van der Waals surface area (Å²) in [7, 11) is 0. The van der Waals surface area contributed by atoms with Crippen LogP contribution in [0.1, 0.15) is 88.4 Å². The predicted molar refractivity (Wildman–Crippen MR) is 137 cm³/mol. The molecule has 4 saturated carbocycles. The van der Waals surface area contributed by atoms with Crippen molar-refractivity contribution in [3.05, 3.63) is 23.5 Å². The number of aliphatic carboxylic acids is 1. The Labute approximate surface area is 222 Å². The summed E-state index contributed by atoms with van der Waals surface area (Å²) in [6.45, 7) is 4.53. The molecule has 2 bridgehead atoms. The number of carbonyl (C=O) groups is 3. The number of fused-ring (bicyclic) bond motifs is 2. The van der Waals surface area contributed by atoms with Gasteiger partial charge in [-0.1, -0.05) is 13.3 Å². The van der Waals surface area contributed by atoms with Crippen LogP contribution in [0.5, 0.6) is 11.5 Å². The molecule has 1 aromatic rings. The summed E-state index contributed by atoms with van der Waals surface area (Å²) >= 11 is 0. The molecular weight excluding hydrogens is 491 g/mol. The lowest BCUT2D eigenvalue weighted by Crippen LogP contribution is -2.51. The quantitative estimate of drug-likeness (QED) is 0.395. The highest BCUT2D eigenvalue weighted by Gasteiger charge is 2.51. The van der Waals surface area contributed by atoms with Gasteiger partial charge in [0.05, 0.1) is 23.0 Å². The Morgan fingerprint density at radius 1 is 1.05 bits per heavy atom. The first-order chi connectivity index (χ1) is 18.0. The van der Waals surface area contributed by atoms with Gasteiger partial charge in [-0.25, -0.2) is 4.39 Å². The topological polar surface area (TPSA) is 125 Å². The zero-order valence-corrected chi connectivity index (χ0v) is 22.2. The van der Waals surface area contributed by atoms with Crippen LogP contribution >= 0.6 is 0 Å². The summed E-state index contributed by atoms with van der Waals surface area (Å²) in [5.74, 6) is -2.74. The Balaban J connectivity index is 1.26. The van der Waals surface area contributed by atoms with E-state index in [0.29, 0.717) is 32.2 Å². The van der Waals surface area contributed by atoms with Crippen molar-refractivity contribution in [1.82, 2.24) is 10.6 Å². The molecule has 4 fully saturated rings. The number of benzene rings is 1. The number of phenols is 1. The van der Waals surface area contributed by atoms with E-state index in [0.717, 1.165) is 38.2 Å². The van der Waals surface area contributed by atoms with Crippen molar-refractivity contribution in [3.63, 3.8) is 0 Å². The number of carboxylic acids is 1. The van der Waals surface area contributed by atoms with Gasteiger partial charge in [0.2, 0.25) is 5.91 Å². The normalized spacial score (nSPS) is 33.3. The molecule has 4 atom stereocenters. The molecule has 4 aliphatic rings. The summed E-state index contributed by atoms with van der Waals surface area (Å²) in [4.78, 5) is 38.0. The first-order valence-electron chi connectivity index (χ1n) is 14.0. The SMILES string of the molecule is CC1(CNC(=O)[C@H]2[C@@H]3CC[C@@H](C3)[C@H]2NC(=O)c2cc(OC3CCC(C)(C(=O)O)CC3)c(F)cc2O)CCC1. The average molecular weight is 531 g/mol. The van der Waals surface area contributed by atoms with Gasteiger partial charge in [0.15, 0.2) is 11.6 Å². The van der Waals surface area contributed by atoms with Crippen molar-refractivity contribution in [1.29, 1.82) is 0 Å². The van der Waals surface area contributed by atoms with Gasteiger partial charge in [-0.3, -0.25) is 14.4 Å². The van der Waals surface area contributed by atoms with Crippen molar-refractivity contribution in [2.75, 3.05) is 6.54 Å². The molecular formula is C29H39FN2O6. The number of hydrogen-bond acceptors (Lipinski definition) is 5. The van der Waals surface area contributed by atoms with Crippen LogP contribution in [-0.4, -0.2) is 46.7 Å². The number of halogens is 1. The smallest absolute Gasteiger partial charge is 0.309 e. The Bertz CT molecular complexity index is 1110. The Hall–Kier alpha value is -2.84. The van der Waals surface area contributed by atoms with E-state index in [2.05, 4.69) is 17.6 Å². The van der Waals surface area contributed by atoms with Gasteiger partial charge in [0.1, 0.15) is 5.75 Å². The second kappa shape index (κ2) is 10.0. The summed E-state index contributed by atoms with van der Waals surface area (Å²) in [5, 5.41) is 26.0. The Morgan fingerprint density at radius 3 is 2.37 bits per heavy atom. The number of aromatic hydroxyl groups is 1. The van der Waals surface area contributed by atoms with Crippen LogP contribution in [-0.2, 0) is 9.59 Å². The maximum Gasteiger partial charge on any atom is 0.309 e. The van der Waals surface area contributed by atoms with Crippen LogP contribution in [0.2, 0.25) is 0 Å². The molecule has 5 rings (SSSR count). The number of hydrogen-bond donors (Lipinski definition) is 4. The second-order valence-electron chi connectivity index (χ2n) is 12.7. The number of carbonyl (C=O) groups excluding carboxylic acids is 2. The number of ether oxygens (including phenoxy) is 1. The lowest BCUT2D eigenvalue weighted by molar-refractivity contribution is -0.150. The molecule has 0 aliphatic heterocycles. The van der Waals surface area contributed by atoms with Gasteiger partial charge >= 0.3 is 5.97 Å². The van der Waals surface area contributed by atoms with Crippen molar-refractivity contribution in [2.24, 2.45) is 28.6 Å². The molecule has 9 heteroatoms. The van der Waals surface area contributed by atoms with Crippen molar-refractivity contribution >= 4 is 17.8 Å². The molecule has 0 radical (unpaired) electrons. The maximum atomic E-state index is 14.7. The third-order valence-corrected chi connectivity index (χ3v) is 9.91. The largest absolute Gasteiger partial charge is 0.507 e. The molecule has 0 unspecified atom stereocenters. The number of rotatable bonds is 8. The van der Waals surface area contributed by atoms with E-state index in [-0.39, 0.29) is 52.5 Å². The van der Waals surface area contributed by atoms with E-state index < -0.39 is 28.9 Å². The monoisotopic (exact) mass is 530 g/mol. The minimum absolute atomic E-state index is 0.0198. The van der Waals surface area contributed by atoms with Gasteiger partial charge < -0.3 is 25.6 Å². The zero-order chi connectivity index (χ0) is 27.2. The van der Waals surface area contributed by atoms with Crippen LogP contribution in [0.25, 0.3) is 0 Å². The highest BCUT2D eigenvalue weighted by molar-refractivity contribution is 5.98. The summed E-state index contributed by atoms with van der Waals surface area (Å²) in [6, 6.07) is 1.75. The lowest BCUT2D eigenvalue weighted by atomic mass is 9.70. The minimum atomic E-state index is -0.851. The van der Waals surface area contributed by atoms with Gasteiger partial charge in [-0.15, -0.1) is 0 Å². The molecule has 0 saturated heterocycles. The molecule has 1 aromatic carbocycles. The van der Waals surface area contributed by atoms with Gasteiger partial charge in [0.25, 0.3) is 5.91 Å². The second-order valence-corrected chi connectivity index (χ2v) is 12.7. The van der Waals surface area contributed by atoms with E-state index in [1.165, 1.54) is 12.5 Å². The standard InChI is InChI=1S/C29H39FN2O6/c1-28(8-3-9-28)15-31-26(35)23-16-4-5-17(12-16)24(23)32-25(34)19-13-22(20(30)14-21(19)33)38-18-6-10-29(2,11-7-18)27(36)37/h13-14,16-18,23-24,33H,3-12,15H2,1-2H3,(H,31,35)(H,32,34)(H,36,37)/t16-,17+,18?,23+,24-,29?/m1/s1. The van der Waals surface area contributed by atoms with Crippen molar-refractivity contribution in [2.45, 2.75) is 90.2 Å². The van der Waals surface area contributed by atoms with E-state index in [4.69, 9.17) is 4.74 Å². The Morgan fingerprint density at radius 2 is 1.74 bits per heavy atom. The van der Waals surface area contributed by atoms with Crippen LogP contribution in [0.4, 0.5) is 4.39 Å². The lowest BCUT2D eigenvalue weighted by Gasteiger charge is -2.39. The molecule has 0 aromatic heterocycles. The molecule has 0 spiro atoms. The van der Waals surface area contributed by atoms with E-state index >= 15 is 0 Å². The highest BCUT2D eigenvalue weighted by atomic mass is 19.1. The molecule has 208 valence electrons. The van der Waals surface area contributed by atoms with Crippen LogP contribution in [0.3, 0.4) is 0 Å². The van der Waals surface area contributed by atoms with Gasteiger partial charge in [-0.2, -0.15) is 0 Å². The van der Waals surface area contributed by atoms with Crippen LogP contribution in [0.15, 0.2) is 12.1 Å². The molecule has 0 heterocycles. The van der Waals surface area contributed by atoms with Crippen molar-refractivity contribution < 1.29 is 33.7 Å². The third kappa shape index (κ3) is 5.08. The minimum Gasteiger partial charge on any atom is -0.507 e. The highest BCUT2D eigenvalue weighted by Crippen LogP contribution is 2.49.